The van der Waals surface area contributed by atoms with E-state index in [-0.39, 0.29) is 28.9 Å². The van der Waals surface area contributed by atoms with E-state index in [0.29, 0.717) is 11.4 Å². The minimum absolute atomic E-state index is 0.0405. The van der Waals surface area contributed by atoms with Crippen molar-refractivity contribution < 1.29 is 9.50 Å². The van der Waals surface area contributed by atoms with Crippen LogP contribution >= 0.6 is 0 Å². The standard InChI is InChI=1S/C24H24FN5O/c25-17-9-16(10-18(31)11-17)22(26)21-23(27)28-12-29-24(21)30-20-3-1-2-15-8-14(13-4-5-13)6-7-19(15)20/h6-13,20,26,31H,1-5H2,(H3,27,28,29,30). The Morgan fingerprint density at radius 3 is 2.74 bits per heavy atom. The number of anilines is 2. The van der Waals surface area contributed by atoms with Gasteiger partial charge in [-0.25, -0.2) is 14.4 Å². The molecule has 5 rings (SSSR count). The number of aryl methyl sites for hydroxylation is 1. The van der Waals surface area contributed by atoms with E-state index in [0.717, 1.165) is 31.2 Å². The molecule has 158 valence electrons. The number of phenolic OH excluding ortho intramolecular Hbond substituents is 1. The molecular formula is C24H24FN5O. The molecule has 5 N–H and O–H groups in total. The number of aromatic nitrogens is 2. The fraction of sp³-hybridized carbons (Fsp3) is 0.292. The highest BCUT2D eigenvalue weighted by molar-refractivity contribution is 6.16. The van der Waals surface area contributed by atoms with Gasteiger partial charge in [0.2, 0.25) is 0 Å². The summed E-state index contributed by atoms with van der Waals surface area (Å²) in [6, 6.07) is 10.3. The van der Waals surface area contributed by atoms with Gasteiger partial charge in [0, 0.05) is 11.6 Å². The van der Waals surface area contributed by atoms with Crippen molar-refractivity contribution in [3.05, 3.63) is 76.4 Å². The summed E-state index contributed by atoms with van der Waals surface area (Å²) in [4.78, 5) is 8.39. The largest absolute Gasteiger partial charge is 0.508 e. The van der Waals surface area contributed by atoms with Crippen molar-refractivity contribution in [2.45, 2.75) is 44.1 Å². The average Bonchev–Trinajstić information content (AvgIpc) is 3.58. The molecule has 0 saturated heterocycles. The molecule has 1 fully saturated rings. The molecule has 2 aliphatic carbocycles. The van der Waals surface area contributed by atoms with Gasteiger partial charge in [0.05, 0.1) is 17.3 Å². The maximum absolute atomic E-state index is 13.8. The fourth-order valence-electron chi connectivity index (χ4n) is 4.44. The summed E-state index contributed by atoms with van der Waals surface area (Å²) in [7, 11) is 0. The number of nitrogens with one attached hydrogen (secondary N) is 2. The molecular weight excluding hydrogens is 393 g/mol. The van der Waals surface area contributed by atoms with E-state index in [1.165, 1.54) is 48.0 Å². The number of halogens is 1. The molecule has 1 atom stereocenters. The molecule has 1 heterocycles. The minimum atomic E-state index is -0.627. The lowest BCUT2D eigenvalue weighted by Gasteiger charge is -2.28. The van der Waals surface area contributed by atoms with E-state index in [1.807, 2.05) is 0 Å². The third kappa shape index (κ3) is 3.83. The lowest BCUT2D eigenvalue weighted by molar-refractivity contribution is 0.469. The first-order valence-corrected chi connectivity index (χ1v) is 10.6. The molecule has 1 saturated carbocycles. The molecule has 0 bridgehead atoms. The van der Waals surface area contributed by atoms with E-state index < -0.39 is 5.82 Å². The van der Waals surface area contributed by atoms with E-state index in [2.05, 4.69) is 33.5 Å². The van der Waals surface area contributed by atoms with Crippen molar-refractivity contribution in [3.63, 3.8) is 0 Å². The zero-order chi connectivity index (χ0) is 21.5. The highest BCUT2D eigenvalue weighted by Crippen LogP contribution is 2.42. The molecule has 2 aliphatic rings. The van der Waals surface area contributed by atoms with Gasteiger partial charge >= 0.3 is 0 Å². The van der Waals surface area contributed by atoms with Crippen molar-refractivity contribution >= 4 is 17.3 Å². The molecule has 0 aliphatic heterocycles. The second kappa shape index (κ2) is 7.65. The van der Waals surface area contributed by atoms with Gasteiger partial charge in [-0.05, 0) is 66.8 Å². The van der Waals surface area contributed by atoms with Gasteiger partial charge in [-0.15, -0.1) is 0 Å². The maximum Gasteiger partial charge on any atom is 0.141 e. The van der Waals surface area contributed by atoms with Gasteiger partial charge in [0.25, 0.3) is 0 Å². The van der Waals surface area contributed by atoms with Crippen LogP contribution in [0.4, 0.5) is 16.0 Å². The Labute approximate surface area is 179 Å². The van der Waals surface area contributed by atoms with E-state index in [4.69, 9.17) is 11.1 Å². The zero-order valence-corrected chi connectivity index (χ0v) is 17.0. The molecule has 0 spiro atoms. The summed E-state index contributed by atoms with van der Waals surface area (Å²) in [5.74, 6) is 0.404. The van der Waals surface area contributed by atoms with Crippen LogP contribution < -0.4 is 11.1 Å². The zero-order valence-electron chi connectivity index (χ0n) is 17.0. The van der Waals surface area contributed by atoms with Crippen LogP contribution in [0.2, 0.25) is 0 Å². The van der Waals surface area contributed by atoms with Crippen molar-refractivity contribution in [1.29, 1.82) is 5.41 Å². The summed E-state index contributed by atoms with van der Waals surface area (Å²) in [5.41, 5.74) is 10.6. The van der Waals surface area contributed by atoms with Gasteiger partial charge in [-0.1, -0.05) is 18.2 Å². The summed E-state index contributed by atoms with van der Waals surface area (Å²) in [6.45, 7) is 0. The first-order chi connectivity index (χ1) is 15.0. The van der Waals surface area contributed by atoms with Crippen LogP contribution in [0.3, 0.4) is 0 Å². The van der Waals surface area contributed by atoms with Gasteiger partial charge in [-0.3, -0.25) is 5.41 Å². The smallest absolute Gasteiger partial charge is 0.141 e. The Balaban J connectivity index is 1.49. The Bertz CT molecular complexity index is 1150. The van der Waals surface area contributed by atoms with Crippen molar-refractivity contribution in [2.24, 2.45) is 0 Å². The average molecular weight is 417 g/mol. The fourth-order valence-corrected chi connectivity index (χ4v) is 4.44. The SMILES string of the molecule is N=C(c1cc(O)cc(F)c1)c1c(N)ncnc1NC1CCCc2cc(C3CC3)ccc21. The summed E-state index contributed by atoms with van der Waals surface area (Å²) >= 11 is 0. The highest BCUT2D eigenvalue weighted by atomic mass is 19.1. The Kier molecular flexibility index (Phi) is 4.81. The molecule has 6 nitrogen and oxygen atoms in total. The van der Waals surface area contributed by atoms with Crippen LogP contribution in [0.1, 0.15) is 65.5 Å². The van der Waals surface area contributed by atoms with Crippen LogP contribution in [0.15, 0.2) is 42.7 Å². The number of nitrogen functional groups attached to an aromatic ring is 1. The molecule has 0 radical (unpaired) electrons. The van der Waals surface area contributed by atoms with Gasteiger partial charge in [0.15, 0.2) is 0 Å². The van der Waals surface area contributed by atoms with Crippen molar-refractivity contribution in [3.8, 4) is 5.75 Å². The maximum atomic E-state index is 13.8. The number of nitrogens with zero attached hydrogens (tertiary/aromatic N) is 2. The number of rotatable bonds is 5. The van der Waals surface area contributed by atoms with E-state index in [1.54, 1.807) is 0 Å². The van der Waals surface area contributed by atoms with Gasteiger partial charge < -0.3 is 16.2 Å². The lowest BCUT2D eigenvalue weighted by atomic mass is 9.86. The summed E-state index contributed by atoms with van der Waals surface area (Å²) in [6.07, 6.45) is 6.98. The number of aromatic hydroxyl groups is 1. The predicted molar refractivity (Wildman–Crippen MR) is 118 cm³/mol. The van der Waals surface area contributed by atoms with Gasteiger partial charge in [0.1, 0.15) is 29.5 Å². The predicted octanol–water partition coefficient (Wildman–Crippen LogP) is 4.69. The Hall–Kier alpha value is -3.48. The molecule has 3 aromatic rings. The second-order valence-corrected chi connectivity index (χ2v) is 8.38. The van der Waals surface area contributed by atoms with Crippen LogP contribution in [-0.4, -0.2) is 20.8 Å². The van der Waals surface area contributed by atoms with Crippen LogP contribution in [0.5, 0.6) is 5.75 Å². The van der Waals surface area contributed by atoms with Crippen LogP contribution in [0.25, 0.3) is 0 Å². The third-order valence-electron chi connectivity index (χ3n) is 6.14. The quantitative estimate of drug-likeness (QED) is 0.451. The monoisotopic (exact) mass is 417 g/mol. The molecule has 0 amide bonds. The number of fused-ring (bicyclic) bond motifs is 1. The van der Waals surface area contributed by atoms with Crippen molar-refractivity contribution in [2.75, 3.05) is 11.1 Å². The van der Waals surface area contributed by atoms with Gasteiger partial charge in [-0.2, -0.15) is 0 Å². The molecule has 2 aromatic carbocycles. The summed E-state index contributed by atoms with van der Waals surface area (Å²) < 4.78 is 13.8. The molecule has 1 unspecified atom stereocenters. The molecule has 1 aromatic heterocycles. The van der Waals surface area contributed by atoms with Crippen LogP contribution in [-0.2, 0) is 6.42 Å². The Morgan fingerprint density at radius 2 is 1.97 bits per heavy atom. The number of benzene rings is 2. The molecule has 31 heavy (non-hydrogen) atoms. The topological polar surface area (TPSA) is 108 Å². The normalized spacial score (nSPS) is 17.8. The van der Waals surface area contributed by atoms with Crippen molar-refractivity contribution in [1.82, 2.24) is 9.97 Å². The highest BCUT2D eigenvalue weighted by Gasteiger charge is 2.27. The Morgan fingerprint density at radius 1 is 1.13 bits per heavy atom. The third-order valence-corrected chi connectivity index (χ3v) is 6.14. The number of nitrogens with two attached hydrogens (primary N) is 1. The molecule has 7 heteroatoms. The van der Waals surface area contributed by atoms with Crippen LogP contribution in [0, 0.1) is 11.2 Å². The number of hydrogen-bond acceptors (Lipinski definition) is 6. The number of hydrogen-bond donors (Lipinski definition) is 4. The first kappa shape index (κ1) is 19.5. The summed E-state index contributed by atoms with van der Waals surface area (Å²) in [5, 5.41) is 21.8. The first-order valence-electron chi connectivity index (χ1n) is 10.6. The second-order valence-electron chi connectivity index (χ2n) is 8.38. The lowest BCUT2D eigenvalue weighted by Crippen LogP contribution is -2.21. The van der Waals surface area contributed by atoms with E-state index >= 15 is 0 Å². The number of phenols is 1. The van der Waals surface area contributed by atoms with E-state index in [9.17, 15) is 9.50 Å². The minimum Gasteiger partial charge on any atom is -0.508 e.